The summed E-state index contributed by atoms with van der Waals surface area (Å²) in [6.45, 7) is 1.30. The Morgan fingerprint density at radius 3 is 2.35 bits per heavy atom. The number of rotatable bonds is 7. The molecule has 0 saturated carbocycles. The second-order valence-electron chi connectivity index (χ2n) is 8.91. The molecule has 8 heteroatoms. The second-order valence-corrected chi connectivity index (χ2v) is 8.91. The van der Waals surface area contributed by atoms with Gasteiger partial charge in [-0.05, 0) is 54.3 Å². The molecule has 3 aromatic carbocycles. The van der Waals surface area contributed by atoms with E-state index < -0.39 is 11.7 Å². The number of nitrogens with zero attached hydrogens (tertiary/aromatic N) is 1. The van der Waals surface area contributed by atoms with Gasteiger partial charge in [0.1, 0.15) is 0 Å². The Hall–Kier alpha value is -4.07. The van der Waals surface area contributed by atoms with Gasteiger partial charge in [-0.3, -0.25) is 9.59 Å². The lowest BCUT2D eigenvalue weighted by Crippen LogP contribution is -2.44. The Morgan fingerprint density at radius 1 is 0.919 bits per heavy atom. The van der Waals surface area contributed by atoms with Crippen LogP contribution in [0.3, 0.4) is 0 Å². The van der Waals surface area contributed by atoms with Gasteiger partial charge in [0.05, 0.1) is 11.1 Å². The first-order valence-electron chi connectivity index (χ1n) is 12.1. The molecule has 0 radical (unpaired) electrons. The molecule has 1 saturated heterocycles. The van der Waals surface area contributed by atoms with Gasteiger partial charge < -0.3 is 15.5 Å². The number of carbonyl (C=O) groups is 2. The first kappa shape index (κ1) is 26.0. The predicted molar refractivity (Wildman–Crippen MR) is 138 cm³/mol. The molecule has 0 spiro atoms. The molecule has 0 atom stereocenters. The lowest BCUT2D eigenvalue weighted by atomic mass is 10.0. The van der Waals surface area contributed by atoms with E-state index >= 15 is 0 Å². The Bertz CT molecular complexity index is 1250. The molecule has 4 rings (SSSR count). The number of amides is 2. The van der Waals surface area contributed by atoms with E-state index in [1.165, 1.54) is 12.1 Å². The second kappa shape index (κ2) is 11.8. The van der Waals surface area contributed by atoms with Gasteiger partial charge in [-0.1, -0.05) is 54.6 Å². The zero-order valence-corrected chi connectivity index (χ0v) is 20.2. The third-order valence-corrected chi connectivity index (χ3v) is 6.26. The number of nitrogens with one attached hydrogen (secondary N) is 2. The van der Waals surface area contributed by atoms with Crippen LogP contribution in [0.5, 0.6) is 0 Å². The molecular weight excluding hydrogens is 479 g/mol. The van der Waals surface area contributed by atoms with Gasteiger partial charge >= 0.3 is 6.18 Å². The van der Waals surface area contributed by atoms with E-state index in [4.69, 9.17) is 0 Å². The van der Waals surface area contributed by atoms with Crippen LogP contribution in [0.2, 0.25) is 0 Å². The highest BCUT2D eigenvalue weighted by molar-refractivity contribution is 5.99. The van der Waals surface area contributed by atoms with Crippen molar-refractivity contribution in [2.45, 2.75) is 31.6 Å². The molecule has 2 amide bonds. The van der Waals surface area contributed by atoms with Crippen LogP contribution in [0, 0.1) is 0 Å². The van der Waals surface area contributed by atoms with Crippen molar-refractivity contribution in [2.24, 2.45) is 0 Å². The van der Waals surface area contributed by atoms with Crippen LogP contribution in [0.1, 0.15) is 39.9 Å². The SMILES string of the molecule is O=C(/C=C/c1ccccc1)NC1CCN(c2ccccc2C(=O)NCc2cccc(C(F)(F)F)c2)CC1. The number of halogens is 3. The van der Waals surface area contributed by atoms with Crippen molar-refractivity contribution in [3.8, 4) is 0 Å². The van der Waals surface area contributed by atoms with E-state index in [1.807, 2.05) is 42.5 Å². The highest BCUT2D eigenvalue weighted by atomic mass is 19.4. The molecule has 0 aliphatic carbocycles. The quantitative estimate of drug-likeness (QED) is 0.419. The maximum Gasteiger partial charge on any atom is 0.416 e. The average Bonchev–Trinajstić information content (AvgIpc) is 2.91. The number of carbonyl (C=O) groups excluding carboxylic acids is 2. The minimum atomic E-state index is -4.43. The molecule has 0 bridgehead atoms. The van der Waals surface area contributed by atoms with Crippen molar-refractivity contribution < 1.29 is 22.8 Å². The molecule has 37 heavy (non-hydrogen) atoms. The minimum Gasteiger partial charge on any atom is -0.371 e. The van der Waals surface area contributed by atoms with Gasteiger partial charge in [0, 0.05) is 37.4 Å². The van der Waals surface area contributed by atoms with Gasteiger partial charge in [-0.25, -0.2) is 0 Å². The first-order chi connectivity index (χ1) is 17.8. The van der Waals surface area contributed by atoms with Gasteiger partial charge in [0.2, 0.25) is 5.91 Å². The molecule has 0 aromatic heterocycles. The van der Waals surface area contributed by atoms with Crippen LogP contribution in [0.4, 0.5) is 18.9 Å². The zero-order chi connectivity index (χ0) is 26.3. The summed E-state index contributed by atoms with van der Waals surface area (Å²) in [7, 11) is 0. The predicted octanol–water partition coefficient (Wildman–Crippen LogP) is 5.43. The number of anilines is 1. The smallest absolute Gasteiger partial charge is 0.371 e. The van der Waals surface area contributed by atoms with Crippen molar-refractivity contribution in [3.05, 3.63) is 107 Å². The van der Waals surface area contributed by atoms with Crippen LogP contribution >= 0.6 is 0 Å². The van der Waals surface area contributed by atoms with E-state index in [1.54, 1.807) is 24.3 Å². The summed E-state index contributed by atoms with van der Waals surface area (Å²) in [6, 6.07) is 21.7. The summed E-state index contributed by atoms with van der Waals surface area (Å²) in [6.07, 6.45) is 0.330. The Balaban J connectivity index is 1.32. The van der Waals surface area contributed by atoms with E-state index in [0.29, 0.717) is 24.2 Å². The number of benzene rings is 3. The van der Waals surface area contributed by atoms with Crippen LogP contribution in [-0.4, -0.2) is 30.9 Å². The maximum absolute atomic E-state index is 13.0. The molecule has 0 unspecified atom stereocenters. The highest BCUT2D eigenvalue weighted by Crippen LogP contribution is 2.29. The van der Waals surface area contributed by atoms with E-state index in [2.05, 4.69) is 15.5 Å². The van der Waals surface area contributed by atoms with Crippen molar-refractivity contribution in [3.63, 3.8) is 0 Å². The lowest BCUT2D eigenvalue weighted by Gasteiger charge is -2.34. The fourth-order valence-electron chi connectivity index (χ4n) is 4.33. The largest absolute Gasteiger partial charge is 0.416 e. The topological polar surface area (TPSA) is 61.4 Å². The Kier molecular flexibility index (Phi) is 8.28. The summed E-state index contributed by atoms with van der Waals surface area (Å²) >= 11 is 0. The lowest BCUT2D eigenvalue weighted by molar-refractivity contribution is -0.137. The molecule has 5 nitrogen and oxygen atoms in total. The molecule has 1 heterocycles. The third kappa shape index (κ3) is 7.22. The molecule has 192 valence electrons. The standard InChI is InChI=1S/C29H28F3N3O2/c30-29(31,32)23-10-6-9-22(19-23)20-33-28(37)25-11-4-5-12-26(25)35-17-15-24(16-18-35)34-27(36)14-13-21-7-2-1-3-8-21/h1-14,19,24H,15-18,20H2,(H,33,37)(H,34,36)/b14-13+. The summed E-state index contributed by atoms with van der Waals surface area (Å²) < 4.78 is 38.9. The minimum absolute atomic E-state index is 0.0122. The molecule has 3 aromatic rings. The van der Waals surface area contributed by atoms with Gasteiger partial charge in [-0.2, -0.15) is 13.2 Å². The van der Waals surface area contributed by atoms with Crippen molar-refractivity contribution in [1.29, 1.82) is 0 Å². The van der Waals surface area contributed by atoms with Crippen molar-refractivity contribution in [2.75, 3.05) is 18.0 Å². The Labute approximate surface area is 214 Å². The van der Waals surface area contributed by atoms with Crippen LogP contribution in [0.15, 0.2) is 84.9 Å². The fraction of sp³-hybridized carbons (Fsp3) is 0.241. The van der Waals surface area contributed by atoms with Gasteiger partial charge in [0.15, 0.2) is 0 Å². The molecule has 1 aliphatic rings. The fourth-order valence-corrected chi connectivity index (χ4v) is 4.33. The first-order valence-corrected chi connectivity index (χ1v) is 12.1. The summed E-state index contributed by atoms with van der Waals surface area (Å²) in [5.74, 6) is -0.494. The molecule has 2 N–H and O–H groups in total. The highest BCUT2D eigenvalue weighted by Gasteiger charge is 2.30. The van der Waals surface area contributed by atoms with Crippen LogP contribution < -0.4 is 15.5 Å². The monoisotopic (exact) mass is 507 g/mol. The van der Waals surface area contributed by atoms with Crippen LogP contribution in [0.25, 0.3) is 6.08 Å². The summed E-state index contributed by atoms with van der Waals surface area (Å²) in [4.78, 5) is 27.4. The van der Waals surface area contributed by atoms with E-state index in [-0.39, 0.29) is 24.4 Å². The van der Waals surface area contributed by atoms with E-state index in [9.17, 15) is 22.8 Å². The number of hydrogen-bond donors (Lipinski definition) is 2. The van der Waals surface area contributed by atoms with Gasteiger partial charge in [0.25, 0.3) is 5.91 Å². The number of hydrogen-bond acceptors (Lipinski definition) is 3. The normalized spacial score (nSPS) is 14.5. The maximum atomic E-state index is 13.0. The third-order valence-electron chi connectivity index (χ3n) is 6.26. The summed E-state index contributed by atoms with van der Waals surface area (Å²) in [5.41, 5.74) is 1.81. The van der Waals surface area contributed by atoms with Crippen LogP contribution in [-0.2, 0) is 17.5 Å². The van der Waals surface area contributed by atoms with Crippen molar-refractivity contribution in [1.82, 2.24) is 10.6 Å². The number of alkyl halides is 3. The zero-order valence-electron chi connectivity index (χ0n) is 20.2. The molecule has 1 fully saturated rings. The Morgan fingerprint density at radius 2 is 1.62 bits per heavy atom. The van der Waals surface area contributed by atoms with Gasteiger partial charge in [-0.15, -0.1) is 0 Å². The van der Waals surface area contributed by atoms with E-state index in [0.717, 1.165) is 36.2 Å². The molecular formula is C29H28F3N3O2. The number of para-hydroxylation sites is 1. The van der Waals surface area contributed by atoms with Crippen molar-refractivity contribution >= 4 is 23.6 Å². The average molecular weight is 508 g/mol. The number of piperidine rings is 1. The molecule has 1 aliphatic heterocycles. The summed E-state index contributed by atoms with van der Waals surface area (Å²) in [5, 5.41) is 5.78.